The van der Waals surface area contributed by atoms with E-state index in [4.69, 9.17) is 5.73 Å². The number of carbonyl (C=O) groups is 1. The van der Waals surface area contributed by atoms with E-state index >= 15 is 0 Å². The van der Waals surface area contributed by atoms with E-state index in [1.807, 2.05) is 0 Å². The van der Waals surface area contributed by atoms with Crippen molar-refractivity contribution in [1.82, 2.24) is 4.90 Å². The van der Waals surface area contributed by atoms with Gasteiger partial charge in [-0.2, -0.15) is 0 Å². The fourth-order valence-corrected chi connectivity index (χ4v) is 6.20. The third-order valence-electron chi connectivity index (χ3n) is 7.30. The van der Waals surface area contributed by atoms with Crippen molar-refractivity contribution in [2.45, 2.75) is 70.3 Å². The molecule has 1 amide bonds. The maximum atomic E-state index is 12.9. The Labute approximate surface area is 128 Å². The Balaban J connectivity index is 1.49. The second kappa shape index (κ2) is 5.26. The Morgan fingerprint density at radius 3 is 2.57 bits per heavy atom. The van der Waals surface area contributed by atoms with Crippen LogP contribution >= 0.6 is 0 Å². The maximum absolute atomic E-state index is 12.9. The number of amides is 1. The molecule has 21 heavy (non-hydrogen) atoms. The minimum absolute atomic E-state index is 0.280. The number of nitrogens with two attached hydrogens (primary N) is 1. The minimum Gasteiger partial charge on any atom is -0.342 e. The quantitative estimate of drug-likeness (QED) is 0.807. The van der Waals surface area contributed by atoms with E-state index < -0.39 is 0 Å². The highest BCUT2D eigenvalue weighted by Crippen LogP contribution is 2.61. The van der Waals surface area contributed by atoms with Gasteiger partial charge < -0.3 is 10.6 Å². The third-order valence-corrected chi connectivity index (χ3v) is 7.30. The van der Waals surface area contributed by atoms with Crippen LogP contribution in [0.3, 0.4) is 0 Å². The summed E-state index contributed by atoms with van der Waals surface area (Å²) < 4.78 is 0. The van der Waals surface area contributed by atoms with E-state index in [0.29, 0.717) is 17.4 Å². The van der Waals surface area contributed by atoms with Gasteiger partial charge in [-0.1, -0.05) is 6.42 Å². The first kappa shape index (κ1) is 14.0. The Morgan fingerprint density at radius 2 is 1.86 bits per heavy atom. The van der Waals surface area contributed by atoms with E-state index in [1.54, 1.807) is 0 Å². The number of hydrogen-bond donors (Lipinski definition) is 1. The van der Waals surface area contributed by atoms with Crippen molar-refractivity contribution in [1.29, 1.82) is 0 Å². The number of rotatable bonds is 1. The zero-order chi connectivity index (χ0) is 14.4. The van der Waals surface area contributed by atoms with E-state index in [1.165, 1.54) is 51.4 Å². The Kier molecular flexibility index (Phi) is 3.52. The van der Waals surface area contributed by atoms with Crippen molar-refractivity contribution in [2.24, 2.45) is 28.9 Å². The summed E-state index contributed by atoms with van der Waals surface area (Å²) in [6, 6.07) is 0.383. The molecule has 0 aromatic heterocycles. The van der Waals surface area contributed by atoms with Crippen LogP contribution in [0.5, 0.6) is 0 Å². The van der Waals surface area contributed by atoms with Gasteiger partial charge in [-0.3, -0.25) is 4.79 Å². The first-order chi connectivity index (χ1) is 10.2. The summed E-state index contributed by atoms with van der Waals surface area (Å²) >= 11 is 0. The topological polar surface area (TPSA) is 46.3 Å². The minimum atomic E-state index is 0.280. The molecule has 3 nitrogen and oxygen atoms in total. The van der Waals surface area contributed by atoms with Crippen LogP contribution < -0.4 is 5.73 Å². The number of likely N-dealkylation sites (tertiary alicyclic amines) is 1. The van der Waals surface area contributed by atoms with Crippen LogP contribution in [0.2, 0.25) is 0 Å². The molecular weight excluding hydrogens is 260 g/mol. The highest BCUT2D eigenvalue weighted by molar-refractivity contribution is 5.79. The van der Waals surface area contributed by atoms with Crippen LogP contribution in [0.4, 0.5) is 0 Å². The van der Waals surface area contributed by atoms with Crippen LogP contribution in [-0.2, 0) is 4.79 Å². The Morgan fingerprint density at radius 1 is 1.05 bits per heavy atom. The second-order valence-electron chi connectivity index (χ2n) is 8.21. The van der Waals surface area contributed by atoms with Crippen molar-refractivity contribution in [2.75, 3.05) is 13.1 Å². The van der Waals surface area contributed by atoms with Crippen molar-refractivity contribution in [3.63, 3.8) is 0 Å². The van der Waals surface area contributed by atoms with Gasteiger partial charge in [0.25, 0.3) is 0 Å². The van der Waals surface area contributed by atoms with E-state index in [-0.39, 0.29) is 5.92 Å². The van der Waals surface area contributed by atoms with Gasteiger partial charge in [-0.25, -0.2) is 0 Å². The summed E-state index contributed by atoms with van der Waals surface area (Å²) in [5.41, 5.74) is 6.98. The molecule has 1 aliphatic heterocycles. The smallest absolute Gasteiger partial charge is 0.225 e. The van der Waals surface area contributed by atoms with Crippen LogP contribution in [0.15, 0.2) is 0 Å². The molecule has 118 valence electrons. The molecule has 1 heterocycles. The fourth-order valence-electron chi connectivity index (χ4n) is 6.20. The average molecular weight is 290 g/mol. The predicted molar refractivity (Wildman–Crippen MR) is 83.6 cm³/mol. The van der Waals surface area contributed by atoms with Crippen molar-refractivity contribution in [3.05, 3.63) is 0 Å². The standard InChI is InChI=1S/C18H30N2O/c19-16-13-6-7-15(11-13)18(16)8-4-5-14(12-18)17(21)20-9-2-1-3-10-20/h13-16H,1-12,19H2/t13?,14?,15?,16?,18-/m1/s1. The first-order valence-electron chi connectivity index (χ1n) is 9.25. The molecule has 3 aliphatic carbocycles. The molecule has 3 saturated carbocycles. The zero-order valence-electron chi connectivity index (χ0n) is 13.2. The summed E-state index contributed by atoms with van der Waals surface area (Å²) in [4.78, 5) is 15.0. The molecule has 5 atom stereocenters. The van der Waals surface area contributed by atoms with Gasteiger partial charge >= 0.3 is 0 Å². The largest absolute Gasteiger partial charge is 0.342 e. The lowest BCUT2D eigenvalue weighted by Gasteiger charge is -2.48. The molecule has 0 aromatic rings. The summed E-state index contributed by atoms with van der Waals surface area (Å²) in [5, 5.41) is 0. The molecule has 4 rings (SSSR count). The maximum Gasteiger partial charge on any atom is 0.225 e. The SMILES string of the molecule is NC1C2CCC(C2)[C@]12CCCC(C(=O)N1CCCCC1)C2. The molecule has 2 N–H and O–H groups in total. The van der Waals surface area contributed by atoms with Crippen LogP contribution in [0.25, 0.3) is 0 Å². The Bertz CT molecular complexity index is 413. The molecule has 1 spiro atoms. The Hall–Kier alpha value is -0.570. The predicted octanol–water partition coefficient (Wildman–Crippen LogP) is 2.93. The van der Waals surface area contributed by atoms with Crippen LogP contribution in [-0.4, -0.2) is 29.9 Å². The van der Waals surface area contributed by atoms with Gasteiger partial charge in [0.1, 0.15) is 0 Å². The molecule has 3 heteroatoms. The van der Waals surface area contributed by atoms with Gasteiger partial charge in [-0.05, 0) is 75.0 Å². The lowest BCUT2D eigenvalue weighted by Crippen LogP contribution is -2.51. The third kappa shape index (κ3) is 2.15. The fraction of sp³-hybridized carbons (Fsp3) is 0.944. The van der Waals surface area contributed by atoms with E-state index in [9.17, 15) is 4.79 Å². The number of piperidine rings is 1. The van der Waals surface area contributed by atoms with Crippen LogP contribution in [0, 0.1) is 23.2 Å². The highest BCUT2D eigenvalue weighted by atomic mass is 16.2. The lowest BCUT2D eigenvalue weighted by atomic mass is 9.59. The van der Waals surface area contributed by atoms with Crippen LogP contribution in [0.1, 0.15) is 64.2 Å². The van der Waals surface area contributed by atoms with Gasteiger partial charge in [-0.15, -0.1) is 0 Å². The molecule has 4 fully saturated rings. The van der Waals surface area contributed by atoms with Gasteiger partial charge in [0.15, 0.2) is 0 Å². The monoisotopic (exact) mass is 290 g/mol. The number of hydrogen-bond acceptors (Lipinski definition) is 2. The number of carbonyl (C=O) groups excluding carboxylic acids is 1. The molecule has 0 aromatic carbocycles. The normalized spacial score (nSPS) is 46.2. The van der Waals surface area contributed by atoms with Crippen molar-refractivity contribution < 1.29 is 4.79 Å². The summed E-state index contributed by atoms with van der Waals surface area (Å²) in [5.74, 6) is 2.33. The highest BCUT2D eigenvalue weighted by Gasteiger charge is 2.58. The van der Waals surface area contributed by atoms with E-state index in [0.717, 1.165) is 37.8 Å². The molecule has 0 radical (unpaired) electrons. The molecule has 4 unspecified atom stereocenters. The summed E-state index contributed by atoms with van der Waals surface area (Å²) in [6.45, 7) is 2.00. The molecule has 4 aliphatic rings. The zero-order valence-corrected chi connectivity index (χ0v) is 13.2. The second-order valence-corrected chi connectivity index (χ2v) is 8.21. The average Bonchev–Trinajstić information content (AvgIpc) is 3.11. The van der Waals surface area contributed by atoms with Crippen molar-refractivity contribution >= 4 is 5.91 Å². The number of nitrogens with zero attached hydrogens (tertiary/aromatic N) is 1. The summed E-state index contributed by atoms with van der Waals surface area (Å²) in [7, 11) is 0. The lowest BCUT2D eigenvalue weighted by molar-refractivity contribution is -0.140. The first-order valence-corrected chi connectivity index (χ1v) is 9.25. The van der Waals surface area contributed by atoms with Crippen molar-refractivity contribution in [3.8, 4) is 0 Å². The molecule has 2 bridgehead atoms. The van der Waals surface area contributed by atoms with Gasteiger partial charge in [0.05, 0.1) is 0 Å². The number of fused-ring (bicyclic) bond motifs is 3. The molecule has 1 saturated heterocycles. The summed E-state index contributed by atoms with van der Waals surface area (Å²) in [6.07, 6.45) is 12.5. The van der Waals surface area contributed by atoms with Gasteiger partial charge in [0, 0.05) is 25.0 Å². The van der Waals surface area contributed by atoms with Gasteiger partial charge in [0.2, 0.25) is 5.91 Å². The molecular formula is C18H30N2O. The van der Waals surface area contributed by atoms with E-state index in [2.05, 4.69) is 4.90 Å².